The van der Waals surface area contributed by atoms with Gasteiger partial charge in [-0.2, -0.15) is 5.10 Å². The Morgan fingerprint density at radius 1 is 1.17 bits per heavy atom. The zero-order valence-electron chi connectivity index (χ0n) is 17.8. The van der Waals surface area contributed by atoms with Gasteiger partial charge in [-0.05, 0) is 42.8 Å². The van der Waals surface area contributed by atoms with Crippen LogP contribution in [-0.2, 0) is 11.5 Å². The van der Waals surface area contributed by atoms with Gasteiger partial charge in [-0.25, -0.2) is 4.68 Å². The van der Waals surface area contributed by atoms with Crippen molar-refractivity contribution in [2.45, 2.75) is 39.3 Å². The third-order valence-corrected chi connectivity index (χ3v) is 6.49. The summed E-state index contributed by atoms with van der Waals surface area (Å²) in [5, 5.41) is 5.09. The molecule has 1 aromatic heterocycles. The van der Waals surface area contributed by atoms with Gasteiger partial charge in [0.25, 0.3) is 0 Å². The molecular weight excluding hydrogens is 398 g/mol. The molecule has 1 heterocycles. The molecule has 0 atom stereocenters. The largest absolute Gasteiger partial charge is 0.457 e. The SMILES string of the molecule is Cc1ccc(Oc2ccc3c(C=O)nn(COCC[Si](C)(C)C)c3c2)cc1C(N)=O. The maximum absolute atomic E-state index is 11.6. The highest BCUT2D eigenvalue weighted by Gasteiger charge is 2.15. The second-order valence-corrected chi connectivity index (χ2v) is 14.1. The van der Waals surface area contributed by atoms with Crippen LogP contribution in [0.2, 0.25) is 25.7 Å². The van der Waals surface area contributed by atoms with E-state index in [-0.39, 0.29) is 6.73 Å². The molecular formula is C22H27N3O4Si. The van der Waals surface area contributed by atoms with Crippen LogP contribution < -0.4 is 10.5 Å². The average molecular weight is 426 g/mol. The Morgan fingerprint density at radius 2 is 1.87 bits per heavy atom. The Morgan fingerprint density at radius 3 is 2.53 bits per heavy atom. The van der Waals surface area contributed by atoms with Crippen molar-refractivity contribution in [2.75, 3.05) is 6.61 Å². The molecule has 0 aliphatic carbocycles. The molecule has 7 nitrogen and oxygen atoms in total. The Bertz CT molecular complexity index is 1090. The van der Waals surface area contributed by atoms with Gasteiger partial charge >= 0.3 is 0 Å². The van der Waals surface area contributed by atoms with Gasteiger partial charge in [-0.3, -0.25) is 9.59 Å². The summed E-state index contributed by atoms with van der Waals surface area (Å²) in [6, 6.07) is 11.6. The van der Waals surface area contributed by atoms with Gasteiger partial charge in [0.1, 0.15) is 23.9 Å². The number of aromatic nitrogens is 2. The van der Waals surface area contributed by atoms with Crippen molar-refractivity contribution in [1.82, 2.24) is 9.78 Å². The minimum Gasteiger partial charge on any atom is -0.457 e. The molecule has 0 radical (unpaired) electrons. The second kappa shape index (κ2) is 8.81. The summed E-state index contributed by atoms with van der Waals surface area (Å²) in [5.74, 6) is 0.557. The number of benzene rings is 2. The first kappa shape index (κ1) is 21.7. The molecule has 0 aliphatic rings. The fourth-order valence-corrected chi connectivity index (χ4v) is 3.78. The maximum Gasteiger partial charge on any atom is 0.249 e. The molecule has 8 heteroatoms. The van der Waals surface area contributed by atoms with Crippen molar-refractivity contribution in [3.8, 4) is 11.5 Å². The lowest BCUT2D eigenvalue weighted by molar-refractivity contribution is 0.0812. The number of carbonyl (C=O) groups excluding carboxylic acids is 2. The van der Waals surface area contributed by atoms with E-state index >= 15 is 0 Å². The first-order chi connectivity index (χ1) is 14.2. The Balaban J connectivity index is 1.84. The molecule has 2 N–H and O–H groups in total. The van der Waals surface area contributed by atoms with Gasteiger partial charge in [0.2, 0.25) is 5.91 Å². The molecule has 158 valence electrons. The molecule has 30 heavy (non-hydrogen) atoms. The van der Waals surface area contributed by atoms with Crippen LogP contribution in [0.3, 0.4) is 0 Å². The highest BCUT2D eigenvalue weighted by molar-refractivity contribution is 6.76. The van der Waals surface area contributed by atoms with Crippen LogP contribution in [-0.4, -0.2) is 36.7 Å². The quantitative estimate of drug-likeness (QED) is 0.312. The van der Waals surface area contributed by atoms with Crippen LogP contribution in [0.5, 0.6) is 11.5 Å². The van der Waals surface area contributed by atoms with Crippen molar-refractivity contribution in [3.63, 3.8) is 0 Å². The van der Waals surface area contributed by atoms with Crippen LogP contribution in [0, 0.1) is 6.92 Å². The van der Waals surface area contributed by atoms with Crippen molar-refractivity contribution in [2.24, 2.45) is 5.73 Å². The maximum atomic E-state index is 11.6. The van der Waals surface area contributed by atoms with Gasteiger partial charge < -0.3 is 15.2 Å². The Hall–Kier alpha value is -2.97. The highest BCUT2D eigenvalue weighted by atomic mass is 28.3. The number of fused-ring (bicyclic) bond motifs is 1. The van der Waals surface area contributed by atoms with Crippen LogP contribution in [0.25, 0.3) is 10.9 Å². The van der Waals surface area contributed by atoms with Crippen molar-refractivity contribution >= 4 is 31.2 Å². The molecule has 1 amide bonds. The van der Waals surface area contributed by atoms with Gasteiger partial charge in [0.05, 0.1) is 5.52 Å². The van der Waals surface area contributed by atoms with E-state index in [0.29, 0.717) is 29.4 Å². The average Bonchev–Trinajstić information content (AvgIpc) is 3.03. The summed E-state index contributed by atoms with van der Waals surface area (Å²) in [5.41, 5.74) is 7.72. The molecule has 0 spiro atoms. The fraction of sp³-hybridized carbons (Fsp3) is 0.318. The van der Waals surface area contributed by atoms with E-state index in [1.165, 1.54) is 0 Å². The molecule has 0 aliphatic heterocycles. The van der Waals surface area contributed by atoms with Crippen molar-refractivity contribution < 1.29 is 19.1 Å². The molecule has 3 aromatic rings. The normalized spacial score (nSPS) is 11.6. The van der Waals surface area contributed by atoms with Gasteiger partial charge in [0, 0.05) is 31.7 Å². The van der Waals surface area contributed by atoms with Gasteiger partial charge in [0.15, 0.2) is 6.29 Å². The molecule has 0 unspecified atom stereocenters. The third-order valence-electron chi connectivity index (χ3n) is 4.78. The predicted octanol–water partition coefficient (Wildman–Crippen LogP) is 4.36. The first-order valence-corrected chi connectivity index (χ1v) is 13.5. The first-order valence-electron chi connectivity index (χ1n) is 9.80. The van der Waals surface area contributed by atoms with E-state index in [0.717, 1.165) is 28.8 Å². The predicted molar refractivity (Wildman–Crippen MR) is 119 cm³/mol. The smallest absolute Gasteiger partial charge is 0.249 e. The summed E-state index contributed by atoms with van der Waals surface area (Å²) < 4.78 is 13.4. The monoisotopic (exact) mass is 425 g/mol. The lowest BCUT2D eigenvalue weighted by atomic mass is 10.1. The van der Waals surface area contributed by atoms with E-state index in [2.05, 4.69) is 24.7 Å². The standard InChI is InChI=1S/C22H27N3O4Si/c1-15-5-6-16(11-19(15)22(23)27)29-17-7-8-18-20(13-26)24-25(21(18)12-17)14-28-9-10-30(2,3)4/h5-8,11-13H,9-10,14H2,1-4H3,(H2,23,27). The van der Waals surface area contributed by atoms with Gasteiger partial charge in [-0.1, -0.05) is 25.7 Å². The minimum absolute atomic E-state index is 0.259. The van der Waals surface area contributed by atoms with Crippen LogP contribution in [0.1, 0.15) is 26.4 Å². The zero-order valence-corrected chi connectivity index (χ0v) is 18.8. The molecule has 0 saturated carbocycles. The molecule has 0 fully saturated rings. The van der Waals surface area contributed by atoms with E-state index in [4.69, 9.17) is 15.2 Å². The molecule has 3 rings (SSSR count). The Kier molecular flexibility index (Phi) is 6.38. The fourth-order valence-electron chi connectivity index (χ4n) is 3.02. The number of hydrogen-bond donors (Lipinski definition) is 1. The number of hydrogen-bond acceptors (Lipinski definition) is 5. The molecule has 2 aromatic carbocycles. The topological polar surface area (TPSA) is 96.4 Å². The van der Waals surface area contributed by atoms with E-state index < -0.39 is 14.0 Å². The number of amides is 1. The number of rotatable bonds is 9. The lowest BCUT2D eigenvalue weighted by Crippen LogP contribution is -2.22. The van der Waals surface area contributed by atoms with Crippen molar-refractivity contribution in [1.29, 1.82) is 0 Å². The number of carbonyl (C=O) groups is 2. The van der Waals surface area contributed by atoms with E-state index in [1.54, 1.807) is 41.1 Å². The summed E-state index contributed by atoms with van der Waals surface area (Å²) in [6.45, 7) is 9.61. The minimum atomic E-state index is -1.18. The number of nitrogens with two attached hydrogens (primary N) is 1. The van der Waals surface area contributed by atoms with Gasteiger partial charge in [-0.15, -0.1) is 0 Å². The van der Waals surface area contributed by atoms with Crippen molar-refractivity contribution in [3.05, 3.63) is 53.2 Å². The molecule has 0 bridgehead atoms. The number of aryl methyl sites for hydroxylation is 1. The molecule has 0 saturated heterocycles. The van der Waals surface area contributed by atoms with Crippen LogP contribution in [0.4, 0.5) is 0 Å². The summed E-state index contributed by atoms with van der Waals surface area (Å²) in [6.07, 6.45) is 0.737. The third kappa shape index (κ3) is 5.14. The number of ether oxygens (including phenoxy) is 2. The number of aldehydes is 1. The van der Waals surface area contributed by atoms with Crippen LogP contribution >= 0.6 is 0 Å². The van der Waals surface area contributed by atoms with E-state index in [1.807, 2.05) is 6.92 Å². The second-order valence-electron chi connectivity index (χ2n) is 8.47. The van der Waals surface area contributed by atoms with E-state index in [9.17, 15) is 9.59 Å². The highest BCUT2D eigenvalue weighted by Crippen LogP contribution is 2.28. The lowest BCUT2D eigenvalue weighted by Gasteiger charge is -2.15. The number of nitrogens with zero attached hydrogens (tertiary/aromatic N) is 2. The number of primary amides is 1. The summed E-state index contributed by atoms with van der Waals surface area (Å²) in [4.78, 5) is 23.0. The van der Waals surface area contributed by atoms with Crippen LogP contribution in [0.15, 0.2) is 36.4 Å². The summed E-state index contributed by atoms with van der Waals surface area (Å²) >= 11 is 0. The summed E-state index contributed by atoms with van der Waals surface area (Å²) in [7, 11) is -1.18. The Labute approximate surface area is 176 Å². The zero-order chi connectivity index (χ0) is 21.9.